The standard InChI is InChI=1S/C13H17N3O2/c1-16-5-4-15-13(16)12(14)9-6-10(17-2)8-11(7-9)18-3/h4-8,12H,14H2,1-3H3. The van der Waals surface area contributed by atoms with Crippen molar-refractivity contribution in [2.24, 2.45) is 12.8 Å². The van der Waals surface area contributed by atoms with Crippen LogP contribution in [0.4, 0.5) is 0 Å². The van der Waals surface area contributed by atoms with Gasteiger partial charge in [0.15, 0.2) is 0 Å². The number of ether oxygens (including phenoxy) is 2. The van der Waals surface area contributed by atoms with Gasteiger partial charge < -0.3 is 19.8 Å². The Bertz CT molecular complexity index is 515. The lowest BCUT2D eigenvalue weighted by molar-refractivity contribution is 0.393. The first-order chi connectivity index (χ1) is 8.65. The topological polar surface area (TPSA) is 62.3 Å². The highest BCUT2D eigenvalue weighted by molar-refractivity contribution is 5.41. The number of imidazole rings is 1. The van der Waals surface area contributed by atoms with Gasteiger partial charge in [-0.2, -0.15) is 0 Å². The summed E-state index contributed by atoms with van der Waals surface area (Å²) >= 11 is 0. The Labute approximate surface area is 106 Å². The molecule has 2 rings (SSSR count). The molecule has 0 radical (unpaired) electrons. The summed E-state index contributed by atoms with van der Waals surface area (Å²) in [5.74, 6) is 2.23. The average molecular weight is 247 g/mol. The normalized spacial score (nSPS) is 12.2. The van der Waals surface area contributed by atoms with Crippen molar-refractivity contribution in [1.29, 1.82) is 0 Å². The summed E-state index contributed by atoms with van der Waals surface area (Å²) in [7, 11) is 5.15. The van der Waals surface area contributed by atoms with E-state index in [1.165, 1.54) is 0 Å². The molecule has 1 unspecified atom stereocenters. The highest BCUT2D eigenvalue weighted by Gasteiger charge is 2.15. The molecule has 0 aliphatic rings. The Morgan fingerprint density at radius 3 is 2.22 bits per heavy atom. The molecule has 0 bridgehead atoms. The molecule has 0 fully saturated rings. The van der Waals surface area contributed by atoms with Crippen molar-refractivity contribution >= 4 is 0 Å². The summed E-state index contributed by atoms with van der Waals surface area (Å²) in [4.78, 5) is 4.26. The first-order valence-corrected chi connectivity index (χ1v) is 5.61. The van der Waals surface area contributed by atoms with E-state index in [2.05, 4.69) is 4.98 Å². The van der Waals surface area contributed by atoms with Gasteiger partial charge in [0.05, 0.1) is 20.3 Å². The molecule has 2 aromatic rings. The van der Waals surface area contributed by atoms with E-state index in [0.29, 0.717) is 11.5 Å². The molecule has 1 aromatic heterocycles. The molecule has 0 amide bonds. The summed E-state index contributed by atoms with van der Waals surface area (Å²) in [6.45, 7) is 0. The second kappa shape index (κ2) is 5.10. The van der Waals surface area contributed by atoms with Crippen molar-refractivity contribution in [3.05, 3.63) is 42.0 Å². The number of methoxy groups -OCH3 is 2. The van der Waals surface area contributed by atoms with Gasteiger partial charge in [-0.05, 0) is 17.7 Å². The fourth-order valence-corrected chi connectivity index (χ4v) is 1.83. The van der Waals surface area contributed by atoms with Gasteiger partial charge in [0.1, 0.15) is 17.3 Å². The molecule has 1 aromatic carbocycles. The maximum absolute atomic E-state index is 6.21. The molecule has 0 saturated heterocycles. The van der Waals surface area contributed by atoms with Crippen LogP contribution in [0.3, 0.4) is 0 Å². The molecule has 5 nitrogen and oxygen atoms in total. The van der Waals surface area contributed by atoms with Gasteiger partial charge >= 0.3 is 0 Å². The number of benzene rings is 1. The van der Waals surface area contributed by atoms with Crippen molar-refractivity contribution in [3.8, 4) is 11.5 Å². The summed E-state index contributed by atoms with van der Waals surface area (Å²) in [6.07, 6.45) is 3.60. The summed E-state index contributed by atoms with van der Waals surface area (Å²) in [5, 5.41) is 0. The van der Waals surface area contributed by atoms with Gasteiger partial charge in [0.2, 0.25) is 0 Å². The fraction of sp³-hybridized carbons (Fsp3) is 0.308. The number of nitrogens with two attached hydrogens (primary N) is 1. The molecule has 0 spiro atoms. The van der Waals surface area contributed by atoms with Crippen LogP contribution in [0.5, 0.6) is 11.5 Å². The number of aromatic nitrogens is 2. The summed E-state index contributed by atoms with van der Waals surface area (Å²) in [6, 6.07) is 5.28. The van der Waals surface area contributed by atoms with Gasteiger partial charge in [-0.1, -0.05) is 0 Å². The van der Waals surface area contributed by atoms with E-state index >= 15 is 0 Å². The van der Waals surface area contributed by atoms with E-state index in [4.69, 9.17) is 15.2 Å². The predicted octanol–water partition coefficient (Wildman–Crippen LogP) is 1.49. The van der Waals surface area contributed by atoms with Crippen molar-refractivity contribution in [2.75, 3.05) is 14.2 Å². The molecule has 1 heterocycles. The number of hydrogen-bond donors (Lipinski definition) is 1. The van der Waals surface area contributed by atoms with Crippen LogP contribution in [0, 0.1) is 0 Å². The first kappa shape index (κ1) is 12.4. The lowest BCUT2D eigenvalue weighted by atomic mass is 10.1. The maximum atomic E-state index is 6.21. The van der Waals surface area contributed by atoms with E-state index in [1.807, 2.05) is 36.0 Å². The Hall–Kier alpha value is -2.01. The second-order valence-corrected chi connectivity index (χ2v) is 4.02. The third-order valence-electron chi connectivity index (χ3n) is 2.87. The van der Waals surface area contributed by atoms with Crippen LogP contribution in [-0.4, -0.2) is 23.8 Å². The van der Waals surface area contributed by atoms with Crippen molar-refractivity contribution in [1.82, 2.24) is 9.55 Å². The zero-order valence-corrected chi connectivity index (χ0v) is 10.8. The smallest absolute Gasteiger partial charge is 0.129 e. The van der Waals surface area contributed by atoms with Crippen LogP contribution in [0.25, 0.3) is 0 Å². The number of nitrogens with zero attached hydrogens (tertiary/aromatic N) is 2. The quantitative estimate of drug-likeness (QED) is 0.889. The van der Waals surface area contributed by atoms with Crippen LogP contribution in [-0.2, 0) is 7.05 Å². The first-order valence-electron chi connectivity index (χ1n) is 5.61. The van der Waals surface area contributed by atoms with E-state index < -0.39 is 0 Å². The summed E-state index contributed by atoms with van der Waals surface area (Å²) in [5.41, 5.74) is 7.12. The van der Waals surface area contributed by atoms with Crippen molar-refractivity contribution in [3.63, 3.8) is 0 Å². The molecule has 0 aliphatic heterocycles. The molecule has 1 atom stereocenters. The third kappa shape index (κ3) is 2.31. The molecule has 5 heteroatoms. The van der Waals surface area contributed by atoms with Crippen LogP contribution in [0.15, 0.2) is 30.6 Å². The van der Waals surface area contributed by atoms with Gasteiger partial charge in [0.25, 0.3) is 0 Å². The van der Waals surface area contributed by atoms with E-state index in [-0.39, 0.29) is 6.04 Å². The highest BCUT2D eigenvalue weighted by Crippen LogP contribution is 2.27. The van der Waals surface area contributed by atoms with Gasteiger partial charge in [-0.25, -0.2) is 4.98 Å². The maximum Gasteiger partial charge on any atom is 0.129 e. The second-order valence-electron chi connectivity index (χ2n) is 4.02. The SMILES string of the molecule is COc1cc(OC)cc(C(N)c2nccn2C)c1. The van der Waals surface area contributed by atoms with E-state index in [0.717, 1.165) is 11.4 Å². The molecule has 0 aliphatic carbocycles. The summed E-state index contributed by atoms with van der Waals surface area (Å²) < 4.78 is 12.4. The Kier molecular flexibility index (Phi) is 3.53. The van der Waals surface area contributed by atoms with Crippen LogP contribution in [0.2, 0.25) is 0 Å². The number of hydrogen-bond acceptors (Lipinski definition) is 4. The molecule has 0 saturated carbocycles. The zero-order chi connectivity index (χ0) is 13.1. The lowest BCUT2D eigenvalue weighted by Crippen LogP contribution is -2.16. The largest absolute Gasteiger partial charge is 0.497 e. The highest BCUT2D eigenvalue weighted by atomic mass is 16.5. The average Bonchev–Trinajstić information content (AvgIpc) is 2.83. The molecular formula is C13H17N3O2. The Balaban J connectivity index is 2.41. The molecular weight excluding hydrogens is 230 g/mol. The van der Waals surface area contributed by atoms with E-state index in [9.17, 15) is 0 Å². The fourth-order valence-electron chi connectivity index (χ4n) is 1.83. The number of aryl methyl sites for hydroxylation is 1. The van der Waals surface area contributed by atoms with Crippen LogP contribution in [0.1, 0.15) is 17.4 Å². The van der Waals surface area contributed by atoms with Gasteiger partial charge in [0, 0.05) is 25.5 Å². The van der Waals surface area contributed by atoms with Crippen molar-refractivity contribution in [2.45, 2.75) is 6.04 Å². The van der Waals surface area contributed by atoms with Gasteiger partial charge in [-0.15, -0.1) is 0 Å². The van der Waals surface area contributed by atoms with Gasteiger partial charge in [-0.3, -0.25) is 0 Å². The monoisotopic (exact) mass is 247 g/mol. The van der Waals surface area contributed by atoms with Crippen LogP contribution >= 0.6 is 0 Å². The predicted molar refractivity (Wildman–Crippen MR) is 68.8 cm³/mol. The van der Waals surface area contributed by atoms with E-state index in [1.54, 1.807) is 20.4 Å². The Morgan fingerprint density at radius 1 is 1.17 bits per heavy atom. The van der Waals surface area contributed by atoms with Crippen molar-refractivity contribution < 1.29 is 9.47 Å². The minimum Gasteiger partial charge on any atom is -0.497 e. The Morgan fingerprint density at radius 2 is 1.78 bits per heavy atom. The molecule has 18 heavy (non-hydrogen) atoms. The minimum atomic E-state index is -0.311. The molecule has 2 N–H and O–H groups in total. The zero-order valence-electron chi connectivity index (χ0n) is 10.8. The number of rotatable bonds is 4. The lowest BCUT2D eigenvalue weighted by Gasteiger charge is -2.14. The molecule has 96 valence electrons. The van der Waals surface area contributed by atoms with Crippen LogP contribution < -0.4 is 15.2 Å². The minimum absolute atomic E-state index is 0.311. The third-order valence-corrected chi connectivity index (χ3v) is 2.87.